The first-order valence-electron chi connectivity index (χ1n) is 12.4. The van der Waals surface area contributed by atoms with Crippen LogP contribution in [0.2, 0.25) is 0 Å². The van der Waals surface area contributed by atoms with Gasteiger partial charge in [0.1, 0.15) is 22.9 Å². The Kier molecular flexibility index (Phi) is 7.48. The van der Waals surface area contributed by atoms with Crippen molar-refractivity contribution in [1.82, 2.24) is 14.9 Å². The van der Waals surface area contributed by atoms with E-state index in [2.05, 4.69) is 22.6 Å². The van der Waals surface area contributed by atoms with Crippen LogP contribution in [-0.2, 0) is 9.47 Å². The molecule has 1 aromatic carbocycles. The molecule has 4 rings (SSSR count). The van der Waals surface area contributed by atoms with E-state index >= 15 is 0 Å². The molecule has 1 fully saturated rings. The number of piperidine rings is 1. The average Bonchev–Trinajstić information content (AvgIpc) is 3.29. The maximum Gasteiger partial charge on any atom is 0.410 e. The molecule has 7 heteroatoms. The van der Waals surface area contributed by atoms with Gasteiger partial charge in [0.2, 0.25) is 0 Å². The van der Waals surface area contributed by atoms with Gasteiger partial charge < -0.3 is 19.4 Å². The maximum atomic E-state index is 13.7. The molecule has 2 aromatic heterocycles. The highest BCUT2D eigenvalue weighted by molar-refractivity contribution is 5.83. The number of H-pyrrole nitrogens is 1. The third-order valence-electron chi connectivity index (χ3n) is 6.23. The van der Waals surface area contributed by atoms with Crippen LogP contribution in [0.25, 0.3) is 28.1 Å². The van der Waals surface area contributed by atoms with Gasteiger partial charge in [0.15, 0.2) is 0 Å². The van der Waals surface area contributed by atoms with Gasteiger partial charge in [0.25, 0.3) is 0 Å². The van der Waals surface area contributed by atoms with Gasteiger partial charge in [-0.3, -0.25) is 4.98 Å². The van der Waals surface area contributed by atoms with E-state index in [0.29, 0.717) is 31.1 Å². The Balaban J connectivity index is 1.63. The summed E-state index contributed by atoms with van der Waals surface area (Å²) in [7, 11) is 0. The third-order valence-corrected chi connectivity index (χ3v) is 6.23. The number of nitrogens with one attached hydrogen (secondary N) is 1. The first-order valence-corrected chi connectivity index (χ1v) is 12.4. The second-order valence-electron chi connectivity index (χ2n) is 10.0. The third kappa shape index (κ3) is 5.96. The van der Waals surface area contributed by atoms with Crippen LogP contribution >= 0.6 is 0 Å². The molecule has 36 heavy (non-hydrogen) atoms. The molecule has 1 aliphatic rings. The van der Waals surface area contributed by atoms with Crippen molar-refractivity contribution in [2.75, 3.05) is 19.7 Å². The number of carbonyl (C=O) groups excluding carboxylic acids is 1. The zero-order valence-corrected chi connectivity index (χ0v) is 21.4. The Bertz CT molecular complexity index is 1220. The zero-order chi connectivity index (χ0) is 25.9. The van der Waals surface area contributed by atoms with Gasteiger partial charge in [0.05, 0.1) is 12.3 Å². The lowest BCUT2D eigenvalue weighted by Crippen LogP contribution is -2.41. The minimum atomic E-state index is -0.511. The zero-order valence-electron chi connectivity index (χ0n) is 21.4. The lowest BCUT2D eigenvalue weighted by molar-refractivity contribution is 0.0204. The molecule has 1 N–H and O–H groups in total. The number of likely N-dealkylation sites (tertiary alicyclic amines) is 1. The van der Waals surface area contributed by atoms with Gasteiger partial charge in [-0.1, -0.05) is 6.58 Å². The second-order valence-corrected chi connectivity index (χ2v) is 10.0. The summed E-state index contributed by atoms with van der Waals surface area (Å²) in [4.78, 5) is 22.3. The number of benzene rings is 1. The number of halogens is 1. The number of carbonyl (C=O) groups is 1. The number of aromatic nitrogens is 2. The van der Waals surface area contributed by atoms with Crippen molar-refractivity contribution in [1.29, 1.82) is 0 Å². The maximum absolute atomic E-state index is 13.7. The molecule has 1 saturated heterocycles. The molecule has 0 bridgehead atoms. The predicted molar refractivity (Wildman–Crippen MR) is 140 cm³/mol. The molecular weight excluding hydrogens is 457 g/mol. The van der Waals surface area contributed by atoms with E-state index in [1.165, 1.54) is 12.1 Å². The Morgan fingerprint density at radius 3 is 2.47 bits per heavy atom. The molecule has 0 saturated carbocycles. The summed E-state index contributed by atoms with van der Waals surface area (Å²) >= 11 is 0. The van der Waals surface area contributed by atoms with E-state index in [0.717, 1.165) is 40.9 Å². The van der Waals surface area contributed by atoms with Crippen LogP contribution in [0.4, 0.5) is 9.18 Å². The molecule has 3 heterocycles. The molecule has 190 valence electrons. The fraction of sp³-hybridized carbons (Fsp3) is 0.379. The normalized spacial score (nSPS) is 14.5. The first-order chi connectivity index (χ1) is 17.1. The Morgan fingerprint density at radius 1 is 1.14 bits per heavy atom. The largest absolute Gasteiger partial charge is 0.492 e. The molecule has 3 aromatic rings. The Hall–Kier alpha value is -3.61. The minimum absolute atomic E-state index is 0.260. The van der Waals surface area contributed by atoms with Crippen LogP contribution in [-0.4, -0.2) is 46.3 Å². The first kappa shape index (κ1) is 25.5. The molecule has 1 amide bonds. The quantitative estimate of drug-likeness (QED) is 0.377. The van der Waals surface area contributed by atoms with E-state index < -0.39 is 5.60 Å². The molecule has 0 aliphatic carbocycles. The van der Waals surface area contributed by atoms with Crippen molar-refractivity contribution in [2.24, 2.45) is 0 Å². The number of nitrogens with zero attached hydrogens (tertiary/aromatic N) is 2. The van der Waals surface area contributed by atoms with E-state index in [1.54, 1.807) is 23.2 Å². The lowest BCUT2D eigenvalue weighted by Gasteiger charge is -2.33. The van der Waals surface area contributed by atoms with Gasteiger partial charge in [-0.2, -0.15) is 0 Å². The SMILES string of the molecule is C=C(OCC)c1cc(-c2cc(C3CCN(C(=O)OC(C)(C)C)CC3)[nH]c2-c2ccc(F)cc2)ccn1. The number of pyridine rings is 1. The van der Waals surface area contributed by atoms with Gasteiger partial charge in [-0.15, -0.1) is 0 Å². The average molecular weight is 492 g/mol. The predicted octanol–water partition coefficient (Wildman–Crippen LogP) is 7.00. The topological polar surface area (TPSA) is 67.4 Å². The Labute approximate surface area is 212 Å². The summed E-state index contributed by atoms with van der Waals surface area (Å²) in [5.74, 6) is 0.505. The van der Waals surface area contributed by atoms with Crippen LogP contribution in [0.1, 0.15) is 57.8 Å². The van der Waals surface area contributed by atoms with Crippen LogP contribution in [0.3, 0.4) is 0 Å². The number of rotatable bonds is 6. The highest BCUT2D eigenvalue weighted by Crippen LogP contribution is 2.38. The van der Waals surface area contributed by atoms with Crippen LogP contribution in [0, 0.1) is 5.82 Å². The molecule has 6 nitrogen and oxygen atoms in total. The van der Waals surface area contributed by atoms with Crippen molar-refractivity contribution >= 4 is 11.9 Å². The van der Waals surface area contributed by atoms with Crippen molar-refractivity contribution in [3.63, 3.8) is 0 Å². The van der Waals surface area contributed by atoms with Crippen LogP contribution < -0.4 is 0 Å². The molecule has 1 aliphatic heterocycles. The van der Waals surface area contributed by atoms with Crippen LogP contribution in [0.15, 0.2) is 55.2 Å². The fourth-order valence-corrected chi connectivity index (χ4v) is 4.47. The van der Waals surface area contributed by atoms with Gasteiger partial charge >= 0.3 is 6.09 Å². The smallest absolute Gasteiger partial charge is 0.410 e. The monoisotopic (exact) mass is 491 g/mol. The van der Waals surface area contributed by atoms with Crippen molar-refractivity contribution in [3.05, 3.63) is 72.4 Å². The molecule has 0 radical (unpaired) electrons. The Morgan fingerprint density at radius 2 is 1.83 bits per heavy atom. The summed E-state index contributed by atoms with van der Waals surface area (Å²) in [5, 5.41) is 0. The van der Waals surface area contributed by atoms with E-state index in [-0.39, 0.29) is 17.8 Å². The summed E-state index contributed by atoms with van der Waals surface area (Å²) in [6.07, 6.45) is 3.13. The number of amides is 1. The number of hydrogen-bond acceptors (Lipinski definition) is 4. The number of ether oxygens (including phenoxy) is 2. The fourth-order valence-electron chi connectivity index (χ4n) is 4.47. The number of hydrogen-bond donors (Lipinski definition) is 1. The van der Waals surface area contributed by atoms with Gasteiger partial charge in [-0.25, -0.2) is 9.18 Å². The van der Waals surface area contributed by atoms with Crippen molar-refractivity contribution in [2.45, 2.75) is 52.1 Å². The highest BCUT2D eigenvalue weighted by Gasteiger charge is 2.29. The summed E-state index contributed by atoms with van der Waals surface area (Å²) < 4.78 is 24.8. The summed E-state index contributed by atoms with van der Waals surface area (Å²) in [5.41, 5.74) is 5.03. The highest BCUT2D eigenvalue weighted by atomic mass is 19.1. The summed E-state index contributed by atoms with van der Waals surface area (Å²) in [6, 6.07) is 12.6. The number of aromatic amines is 1. The lowest BCUT2D eigenvalue weighted by atomic mass is 9.93. The van der Waals surface area contributed by atoms with E-state index in [1.807, 2.05) is 39.8 Å². The van der Waals surface area contributed by atoms with Crippen molar-refractivity contribution in [3.8, 4) is 22.4 Å². The molecule has 0 atom stereocenters. The van der Waals surface area contributed by atoms with Crippen LogP contribution in [0.5, 0.6) is 0 Å². The van der Waals surface area contributed by atoms with E-state index in [4.69, 9.17) is 9.47 Å². The molecule has 0 unspecified atom stereocenters. The molecular formula is C29H34FN3O3. The van der Waals surface area contributed by atoms with Gasteiger partial charge in [0, 0.05) is 36.5 Å². The van der Waals surface area contributed by atoms with Crippen molar-refractivity contribution < 1.29 is 18.7 Å². The van der Waals surface area contributed by atoms with E-state index in [9.17, 15) is 9.18 Å². The summed E-state index contributed by atoms with van der Waals surface area (Å²) in [6.45, 7) is 13.3. The van der Waals surface area contributed by atoms with Gasteiger partial charge in [-0.05, 0) is 94.1 Å². The standard InChI is InChI=1S/C29H34FN3O3/c1-6-35-19(2)25-17-22(11-14-31-25)24-18-26(32-27(24)21-7-9-23(30)10-8-21)20-12-15-33(16-13-20)28(34)36-29(3,4)5/h7-11,14,17-18,20,32H,2,6,12-13,15-16H2,1,3-5H3. The minimum Gasteiger partial charge on any atom is -0.492 e. The molecule has 0 spiro atoms. The second kappa shape index (κ2) is 10.6.